The minimum Gasteiger partial charge on any atom is -0.496 e. The van der Waals surface area contributed by atoms with E-state index in [2.05, 4.69) is 11.4 Å². The topological polar surface area (TPSA) is 47.6 Å². The second kappa shape index (κ2) is 8.39. The first-order valence-corrected chi connectivity index (χ1v) is 8.10. The number of aryl methyl sites for hydroxylation is 3. The van der Waals surface area contributed by atoms with E-state index >= 15 is 0 Å². The van der Waals surface area contributed by atoms with Gasteiger partial charge in [-0.1, -0.05) is 35.9 Å². The van der Waals surface area contributed by atoms with Gasteiger partial charge in [-0.15, -0.1) is 0 Å². The van der Waals surface area contributed by atoms with Crippen molar-refractivity contribution in [1.82, 2.24) is 5.32 Å². The summed E-state index contributed by atoms with van der Waals surface area (Å²) in [7, 11) is 1.66. The average molecular weight is 327 g/mol. The van der Waals surface area contributed by atoms with Crippen molar-refractivity contribution in [2.45, 2.75) is 27.2 Å². The van der Waals surface area contributed by atoms with Crippen molar-refractivity contribution >= 4 is 5.91 Å². The van der Waals surface area contributed by atoms with Gasteiger partial charge in [0.15, 0.2) is 6.61 Å². The number of carbonyl (C=O) groups excluding carboxylic acids is 1. The molecule has 1 amide bonds. The zero-order valence-electron chi connectivity index (χ0n) is 14.8. The van der Waals surface area contributed by atoms with E-state index < -0.39 is 0 Å². The van der Waals surface area contributed by atoms with Gasteiger partial charge in [-0.05, 0) is 49.9 Å². The van der Waals surface area contributed by atoms with Gasteiger partial charge in [0.05, 0.1) is 7.11 Å². The Labute approximate surface area is 143 Å². The average Bonchev–Trinajstić information content (AvgIpc) is 2.54. The van der Waals surface area contributed by atoms with Gasteiger partial charge in [-0.3, -0.25) is 4.79 Å². The highest BCUT2D eigenvalue weighted by Crippen LogP contribution is 2.22. The Morgan fingerprint density at radius 2 is 1.79 bits per heavy atom. The fourth-order valence-corrected chi connectivity index (χ4v) is 2.65. The number of hydrogen-bond acceptors (Lipinski definition) is 3. The van der Waals surface area contributed by atoms with Crippen LogP contribution in [-0.4, -0.2) is 26.2 Å². The molecule has 0 spiro atoms. The smallest absolute Gasteiger partial charge is 0.257 e. The van der Waals surface area contributed by atoms with E-state index in [0.29, 0.717) is 6.54 Å². The van der Waals surface area contributed by atoms with Crippen LogP contribution < -0.4 is 14.8 Å². The summed E-state index contributed by atoms with van der Waals surface area (Å²) in [5, 5.41) is 2.89. The maximum atomic E-state index is 12.0. The Balaban J connectivity index is 1.83. The fraction of sp³-hybridized carbons (Fsp3) is 0.350. The Morgan fingerprint density at radius 1 is 1.08 bits per heavy atom. The van der Waals surface area contributed by atoms with Crippen molar-refractivity contribution in [2.24, 2.45) is 0 Å². The molecule has 0 saturated carbocycles. The van der Waals surface area contributed by atoms with E-state index in [-0.39, 0.29) is 12.5 Å². The van der Waals surface area contributed by atoms with E-state index in [1.165, 1.54) is 5.56 Å². The first-order valence-electron chi connectivity index (χ1n) is 8.10. The number of nitrogens with one attached hydrogen (secondary N) is 1. The van der Waals surface area contributed by atoms with E-state index in [9.17, 15) is 4.79 Å². The number of ether oxygens (including phenoxy) is 2. The summed E-state index contributed by atoms with van der Waals surface area (Å²) >= 11 is 0. The predicted molar refractivity (Wildman–Crippen MR) is 95.9 cm³/mol. The number of amides is 1. The molecule has 0 atom stereocenters. The molecule has 24 heavy (non-hydrogen) atoms. The van der Waals surface area contributed by atoms with Crippen LogP contribution in [-0.2, 0) is 11.2 Å². The largest absolute Gasteiger partial charge is 0.496 e. The van der Waals surface area contributed by atoms with Gasteiger partial charge in [0, 0.05) is 6.54 Å². The number of rotatable bonds is 7. The van der Waals surface area contributed by atoms with Crippen LogP contribution in [0.25, 0.3) is 0 Å². The second-order valence-electron chi connectivity index (χ2n) is 5.92. The minimum absolute atomic E-state index is 0.0245. The highest BCUT2D eigenvalue weighted by molar-refractivity contribution is 5.77. The Hall–Kier alpha value is -2.49. The van der Waals surface area contributed by atoms with E-state index in [1.807, 2.05) is 51.1 Å². The SMILES string of the molecule is COc1ccc(C)cc1CCNC(=O)COc1c(C)cccc1C. The van der Waals surface area contributed by atoms with Crippen LogP contribution in [0.15, 0.2) is 36.4 Å². The van der Waals surface area contributed by atoms with Crippen LogP contribution in [0.5, 0.6) is 11.5 Å². The van der Waals surface area contributed by atoms with Crippen molar-refractivity contribution in [2.75, 3.05) is 20.3 Å². The molecule has 0 aliphatic rings. The summed E-state index contributed by atoms with van der Waals surface area (Å²) < 4.78 is 11.0. The van der Waals surface area contributed by atoms with Gasteiger partial charge in [0.1, 0.15) is 11.5 Å². The van der Waals surface area contributed by atoms with Crippen molar-refractivity contribution in [3.63, 3.8) is 0 Å². The second-order valence-corrected chi connectivity index (χ2v) is 5.92. The molecule has 2 rings (SSSR count). The standard InChI is InChI=1S/C20H25NO3/c1-14-8-9-18(23-4)17(12-14)10-11-21-19(22)13-24-20-15(2)6-5-7-16(20)3/h5-9,12H,10-11,13H2,1-4H3,(H,21,22). The summed E-state index contributed by atoms with van der Waals surface area (Å²) in [5.74, 6) is 1.51. The maximum absolute atomic E-state index is 12.0. The zero-order valence-corrected chi connectivity index (χ0v) is 14.8. The molecule has 0 fully saturated rings. The molecule has 0 heterocycles. The van der Waals surface area contributed by atoms with Crippen LogP contribution in [0.2, 0.25) is 0 Å². The molecular formula is C20H25NO3. The van der Waals surface area contributed by atoms with E-state index in [4.69, 9.17) is 9.47 Å². The molecule has 0 aliphatic carbocycles. The predicted octanol–water partition coefficient (Wildman–Crippen LogP) is 3.36. The van der Waals surface area contributed by atoms with Gasteiger partial charge in [-0.25, -0.2) is 0 Å². The number of carbonyl (C=O) groups is 1. The molecule has 0 aliphatic heterocycles. The maximum Gasteiger partial charge on any atom is 0.257 e. The quantitative estimate of drug-likeness (QED) is 0.848. The summed E-state index contributed by atoms with van der Waals surface area (Å²) in [6.07, 6.45) is 0.722. The molecule has 0 aromatic heterocycles. The highest BCUT2D eigenvalue weighted by atomic mass is 16.5. The molecule has 4 nitrogen and oxygen atoms in total. The van der Waals surface area contributed by atoms with Crippen LogP contribution in [0.1, 0.15) is 22.3 Å². The Morgan fingerprint density at radius 3 is 2.46 bits per heavy atom. The first kappa shape index (κ1) is 17.9. The molecule has 2 aromatic carbocycles. The Kier molecular flexibility index (Phi) is 6.24. The van der Waals surface area contributed by atoms with Gasteiger partial charge < -0.3 is 14.8 Å². The van der Waals surface area contributed by atoms with Gasteiger partial charge in [0.25, 0.3) is 5.91 Å². The van der Waals surface area contributed by atoms with E-state index in [0.717, 1.165) is 34.6 Å². The third-order valence-electron chi connectivity index (χ3n) is 3.91. The summed E-state index contributed by atoms with van der Waals surface area (Å²) in [6, 6.07) is 12.0. The lowest BCUT2D eigenvalue weighted by Crippen LogP contribution is -2.30. The lowest BCUT2D eigenvalue weighted by atomic mass is 10.1. The monoisotopic (exact) mass is 327 g/mol. The third-order valence-corrected chi connectivity index (χ3v) is 3.91. The summed E-state index contributed by atoms with van der Waals surface area (Å²) in [4.78, 5) is 12.0. The molecule has 4 heteroatoms. The van der Waals surface area contributed by atoms with Crippen molar-refractivity contribution in [3.8, 4) is 11.5 Å². The number of para-hydroxylation sites is 1. The van der Waals surface area contributed by atoms with Crippen LogP contribution in [0.4, 0.5) is 0 Å². The summed E-state index contributed by atoms with van der Waals surface area (Å²) in [5.41, 5.74) is 4.34. The Bertz CT molecular complexity index is 690. The van der Waals surface area contributed by atoms with Gasteiger partial charge >= 0.3 is 0 Å². The number of benzene rings is 2. The van der Waals surface area contributed by atoms with Crippen molar-refractivity contribution < 1.29 is 14.3 Å². The minimum atomic E-state index is -0.121. The lowest BCUT2D eigenvalue weighted by Gasteiger charge is -2.13. The molecule has 0 saturated heterocycles. The molecule has 0 bridgehead atoms. The molecule has 0 radical (unpaired) electrons. The summed E-state index contributed by atoms with van der Waals surface area (Å²) in [6.45, 7) is 6.57. The molecule has 1 N–H and O–H groups in total. The number of methoxy groups -OCH3 is 1. The zero-order chi connectivity index (χ0) is 17.5. The normalized spacial score (nSPS) is 10.3. The van der Waals surface area contributed by atoms with E-state index in [1.54, 1.807) is 7.11 Å². The first-order chi connectivity index (χ1) is 11.5. The van der Waals surface area contributed by atoms with Crippen molar-refractivity contribution in [1.29, 1.82) is 0 Å². The molecule has 128 valence electrons. The fourth-order valence-electron chi connectivity index (χ4n) is 2.65. The third kappa shape index (κ3) is 4.75. The molecular weight excluding hydrogens is 302 g/mol. The van der Waals surface area contributed by atoms with Gasteiger partial charge in [0.2, 0.25) is 0 Å². The van der Waals surface area contributed by atoms with Crippen LogP contribution in [0.3, 0.4) is 0 Å². The van der Waals surface area contributed by atoms with Crippen LogP contribution >= 0.6 is 0 Å². The lowest BCUT2D eigenvalue weighted by molar-refractivity contribution is -0.123. The highest BCUT2D eigenvalue weighted by Gasteiger charge is 2.08. The molecule has 2 aromatic rings. The number of hydrogen-bond donors (Lipinski definition) is 1. The van der Waals surface area contributed by atoms with Crippen molar-refractivity contribution in [3.05, 3.63) is 58.7 Å². The van der Waals surface area contributed by atoms with Gasteiger partial charge in [-0.2, -0.15) is 0 Å². The van der Waals surface area contributed by atoms with Crippen LogP contribution in [0, 0.1) is 20.8 Å². The molecule has 0 unspecified atom stereocenters.